The van der Waals surface area contributed by atoms with Gasteiger partial charge in [0.05, 0.1) is 51.2 Å². The number of rotatable bonds is 42. The number of nitrogens with two attached hydrogens (primary N) is 4. The summed E-state index contributed by atoms with van der Waals surface area (Å²) in [5, 5.41) is 56.6. The van der Waals surface area contributed by atoms with Crippen LogP contribution in [0.2, 0.25) is 0 Å². The average molecular weight is 1310 g/mol. The van der Waals surface area contributed by atoms with E-state index in [1.165, 1.54) is 31.3 Å². The number of unbranched alkanes of at least 4 members (excludes halogenated alkanes) is 1. The Morgan fingerprint density at radius 1 is 0.598 bits per heavy atom. The van der Waals surface area contributed by atoms with Crippen molar-refractivity contribution >= 4 is 101 Å². The Kier molecular flexibility index (Phi) is 34.4. The van der Waals surface area contributed by atoms with Crippen molar-refractivity contribution in [3.05, 3.63) is 18.2 Å². The number of carboxylic acids is 2. The lowest BCUT2D eigenvalue weighted by Crippen LogP contribution is -2.58. The Balaban J connectivity index is 2.13. The highest BCUT2D eigenvalue weighted by Crippen LogP contribution is 2.18. The first kappa shape index (κ1) is 78.0. The number of carbonyl (C=O) groups excluding carboxylic acids is 14. The van der Waals surface area contributed by atoms with E-state index in [2.05, 4.69) is 79.1 Å². The molecule has 14 amide bonds. The quantitative estimate of drug-likeness (QED) is 0.0164. The highest BCUT2D eigenvalue weighted by molar-refractivity contribution is 5.99. The van der Waals surface area contributed by atoms with Crippen molar-refractivity contribution in [2.24, 2.45) is 28.9 Å². The minimum Gasteiger partial charge on any atom is -0.481 e. The largest absolute Gasteiger partial charge is 0.481 e. The van der Waals surface area contributed by atoms with E-state index in [4.69, 9.17) is 33.5 Å². The van der Waals surface area contributed by atoms with E-state index in [0.717, 1.165) is 0 Å². The number of nitrogens with one attached hydrogen (secondary N) is 15. The molecule has 9 atom stereocenters. The van der Waals surface area contributed by atoms with Gasteiger partial charge in [0, 0.05) is 32.1 Å². The zero-order valence-electron chi connectivity index (χ0n) is 51.5. The summed E-state index contributed by atoms with van der Waals surface area (Å²) in [6.45, 7) is 3.01. The molecule has 2 heterocycles. The lowest BCUT2D eigenvalue weighted by Gasteiger charge is -2.27. The lowest BCUT2D eigenvalue weighted by atomic mass is 10.0. The van der Waals surface area contributed by atoms with Gasteiger partial charge < -0.3 is 112 Å². The summed E-state index contributed by atoms with van der Waals surface area (Å²) in [4.78, 5) is 214. The monoisotopic (exact) mass is 1310 g/mol. The maximum absolute atomic E-state index is 14.0. The smallest absolute Gasteiger partial charge is 0.326 e. The first-order chi connectivity index (χ1) is 43.4. The highest BCUT2D eigenvalue weighted by atomic mass is 16.4. The van der Waals surface area contributed by atoms with Crippen molar-refractivity contribution in [1.82, 2.24) is 84.0 Å². The Bertz CT molecular complexity index is 2790. The van der Waals surface area contributed by atoms with Crippen molar-refractivity contribution in [2.75, 3.05) is 52.4 Å². The molecule has 0 aromatic carbocycles. The first-order valence-corrected chi connectivity index (χ1v) is 29.3. The van der Waals surface area contributed by atoms with Crippen LogP contribution in [-0.4, -0.2) is 232 Å². The minimum absolute atomic E-state index is 0.00711. The van der Waals surface area contributed by atoms with Gasteiger partial charge in [-0.25, -0.2) is 9.78 Å². The van der Waals surface area contributed by atoms with Crippen LogP contribution in [0, 0.1) is 11.3 Å². The van der Waals surface area contributed by atoms with Crippen LogP contribution in [0.25, 0.3) is 0 Å². The maximum Gasteiger partial charge on any atom is 0.326 e. The zero-order valence-corrected chi connectivity index (χ0v) is 51.5. The van der Waals surface area contributed by atoms with Crippen LogP contribution in [0.1, 0.15) is 97.6 Å². The molecule has 39 nitrogen and oxygen atoms in total. The summed E-state index contributed by atoms with van der Waals surface area (Å²) in [5.74, 6) is -16.1. The molecule has 0 saturated carbocycles. The third-order valence-electron chi connectivity index (χ3n) is 13.7. The van der Waals surface area contributed by atoms with E-state index in [9.17, 15) is 81.8 Å². The number of aromatic amines is 1. The number of primary amides is 1. The van der Waals surface area contributed by atoms with E-state index < -0.39 is 206 Å². The van der Waals surface area contributed by atoms with Crippen LogP contribution in [0.5, 0.6) is 0 Å². The van der Waals surface area contributed by atoms with Crippen molar-refractivity contribution < 1.29 is 86.9 Å². The van der Waals surface area contributed by atoms with Crippen LogP contribution in [-0.2, 0) is 83.1 Å². The Morgan fingerprint density at radius 3 is 1.70 bits per heavy atom. The van der Waals surface area contributed by atoms with E-state index >= 15 is 0 Å². The van der Waals surface area contributed by atoms with Crippen LogP contribution in [0.3, 0.4) is 0 Å². The standard InChI is InChI=1S/C53H87N21O18/c1-26(2)43(73-45(84)28(4)66-37(76)19-55)51(90)64-24-41(80)74-16-8-11-35(74)50(89)67-27(3)44(83)61-21-38(77)68-31(9-5-6-14-54)48(87)72-33(17-29-20-59-25-65-29)47(86)63-23-40(79)70-34(18-36(56)75)49(88)71-30(10-7-15-60-53(57)58)46(85)62-22-39(78)69-32(52(91)92)12-13-42(81)82/h20,25-28,30-35,43H,5-19,21-24,54-55H2,1-4H3,(H2,56,75)(H,59,65)(H,61,83)(H,62,85)(H,63,86)(H,64,90)(H,66,76)(H,67,89)(H,68,77)(H,69,78)(H,70,79)(H,71,88)(H,72,87)(H,73,84)(H,81,82)(H,91,92)(H4,57,58,60)/t27-,28-,30-,31-,32-,33-,34-,35-,43-/m0/s1. The van der Waals surface area contributed by atoms with Gasteiger partial charge in [-0.15, -0.1) is 0 Å². The molecule has 0 unspecified atom stereocenters. The zero-order chi connectivity index (χ0) is 69.2. The summed E-state index contributed by atoms with van der Waals surface area (Å²) in [6.07, 6.45) is 1.55. The predicted molar refractivity (Wildman–Crippen MR) is 320 cm³/mol. The molecule has 1 fully saturated rings. The highest BCUT2D eigenvalue weighted by Gasteiger charge is 2.37. The van der Waals surface area contributed by atoms with Crippen LogP contribution in [0.15, 0.2) is 12.5 Å². The van der Waals surface area contributed by atoms with Gasteiger partial charge in [-0.3, -0.25) is 77.3 Å². The van der Waals surface area contributed by atoms with Gasteiger partial charge in [-0.2, -0.15) is 0 Å². The minimum atomic E-state index is -1.79. The number of amides is 14. The van der Waals surface area contributed by atoms with Gasteiger partial charge in [0.1, 0.15) is 54.4 Å². The number of aliphatic carboxylic acids is 2. The Morgan fingerprint density at radius 2 is 1.14 bits per heavy atom. The third-order valence-corrected chi connectivity index (χ3v) is 13.7. The number of hydrogen-bond acceptors (Lipinski definition) is 20. The van der Waals surface area contributed by atoms with Crippen molar-refractivity contribution in [2.45, 2.75) is 153 Å². The molecule has 0 spiro atoms. The van der Waals surface area contributed by atoms with Crippen LogP contribution >= 0.6 is 0 Å². The molecule has 1 aromatic heterocycles. The molecular weight excluding hydrogens is 1220 g/mol. The van der Waals surface area contributed by atoms with Gasteiger partial charge in [0.2, 0.25) is 82.7 Å². The second-order valence-corrected chi connectivity index (χ2v) is 21.5. The molecule has 1 aromatic rings. The molecule has 1 saturated heterocycles. The fourth-order valence-electron chi connectivity index (χ4n) is 8.76. The molecule has 0 bridgehead atoms. The molecule has 1 aliphatic rings. The number of hydrogen-bond donors (Lipinski definition) is 21. The molecule has 512 valence electrons. The number of nitrogens with zero attached hydrogens (tertiary/aromatic N) is 2. The Hall–Kier alpha value is -10.1. The lowest BCUT2D eigenvalue weighted by molar-refractivity contribution is -0.143. The summed E-state index contributed by atoms with van der Waals surface area (Å²) >= 11 is 0. The number of carbonyl (C=O) groups is 16. The van der Waals surface area contributed by atoms with E-state index in [1.807, 2.05) is 0 Å². The second kappa shape index (κ2) is 40.5. The van der Waals surface area contributed by atoms with E-state index in [-0.39, 0.29) is 70.4 Å². The van der Waals surface area contributed by atoms with Crippen molar-refractivity contribution in [1.29, 1.82) is 5.41 Å². The molecule has 25 N–H and O–H groups in total. The normalized spacial score (nSPS) is 15.1. The van der Waals surface area contributed by atoms with Gasteiger partial charge in [0.15, 0.2) is 5.96 Å². The molecule has 39 heteroatoms. The van der Waals surface area contributed by atoms with E-state index in [0.29, 0.717) is 12.8 Å². The van der Waals surface area contributed by atoms with Crippen molar-refractivity contribution in [3.63, 3.8) is 0 Å². The molecule has 92 heavy (non-hydrogen) atoms. The number of H-pyrrole nitrogens is 1. The second-order valence-electron chi connectivity index (χ2n) is 21.5. The number of aromatic nitrogens is 2. The molecule has 0 radical (unpaired) electrons. The number of imidazole rings is 1. The molecule has 2 rings (SSSR count). The average Bonchev–Trinajstić information content (AvgIpc) is 1.86. The van der Waals surface area contributed by atoms with Gasteiger partial charge in [-0.1, -0.05) is 13.8 Å². The molecular formula is C53H87N21O18. The molecule has 0 aliphatic carbocycles. The summed E-state index contributed by atoms with van der Waals surface area (Å²) in [6, 6.07) is -12.2. The predicted octanol–water partition coefficient (Wildman–Crippen LogP) is -9.84. The van der Waals surface area contributed by atoms with Gasteiger partial charge in [-0.05, 0) is 77.7 Å². The SMILES string of the molecule is CC(C)[C@H](NC(=O)[C@H](C)NC(=O)CN)C(=O)NCC(=O)N1CCC[C@H]1C(=O)N[C@@H](C)C(=O)NCC(=O)N[C@@H](CCCCN)C(=O)N[C@@H](Cc1c[nH]cn1)C(=O)NCC(=O)N[C@@H](CC(N)=O)C(=O)N[C@@H](CCCNC(=N)N)C(=O)NCC(=O)N[C@@H](CCC(=O)O)C(=O)O. The Labute approximate surface area is 527 Å². The third kappa shape index (κ3) is 29.5. The fraction of sp³-hybridized carbons (Fsp3) is 0.623. The van der Waals surface area contributed by atoms with E-state index in [1.54, 1.807) is 13.8 Å². The van der Waals surface area contributed by atoms with Crippen LogP contribution < -0.4 is 92.1 Å². The maximum atomic E-state index is 14.0. The number of likely N-dealkylation sites (tertiary alicyclic amines) is 1. The summed E-state index contributed by atoms with van der Waals surface area (Å²) in [7, 11) is 0. The number of carboxylic acid groups (broad SMARTS) is 2. The fourth-order valence-corrected chi connectivity index (χ4v) is 8.76. The summed E-state index contributed by atoms with van der Waals surface area (Å²) in [5.41, 5.74) is 21.9. The first-order valence-electron chi connectivity index (χ1n) is 29.3. The number of guanidine groups is 1. The van der Waals surface area contributed by atoms with Crippen molar-refractivity contribution in [3.8, 4) is 0 Å². The topological polar surface area (TPSA) is 630 Å². The molecule has 1 aliphatic heterocycles. The summed E-state index contributed by atoms with van der Waals surface area (Å²) < 4.78 is 0. The van der Waals surface area contributed by atoms with Gasteiger partial charge >= 0.3 is 11.9 Å². The van der Waals surface area contributed by atoms with Gasteiger partial charge in [0.25, 0.3) is 0 Å². The van der Waals surface area contributed by atoms with Crippen LogP contribution in [0.4, 0.5) is 0 Å².